The van der Waals surface area contributed by atoms with E-state index in [1.165, 1.54) is 21.9 Å². The summed E-state index contributed by atoms with van der Waals surface area (Å²) in [4.78, 5) is 7.53. The number of hydrogen-bond acceptors (Lipinski definition) is 3. The van der Waals surface area contributed by atoms with E-state index < -0.39 is 0 Å². The molecule has 1 atom stereocenters. The lowest BCUT2D eigenvalue weighted by molar-refractivity contribution is 0.442. The van der Waals surface area contributed by atoms with E-state index in [2.05, 4.69) is 38.2 Å². The zero-order valence-corrected chi connectivity index (χ0v) is 13.0. The van der Waals surface area contributed by atoms with E-state index in [1.54, 1.807) is 0 Å². The van der Waals surface area contributed by atoms with Crippen molar-refractivity contribution in [2.24, 2.45) is 10.9 Å². The van der Waals surface area contributed by atoms with Crippen molar-refractivity contribution in [3.63, 3.8) is 0 Å². The molecule has 4 heteroatoms. The molecule has 1 aromatic rings. The molecule has 0 amide bonds. The number of aryl methyl sites for hydroxylation is 1. The van der Waals surface area contributed by atoms with Crippen LogP contribution in [0.4, 0.5) is 0 Å². The summed E-state index contributed by atoms with van der Waals surface area (Å²) < 4.78 is 0. The third-order valence-corrected chi connectivity index (χ3v) is 5.40. The van der Waals surface area contributed by atoms with Gasteiger partial charge >= 0.3 is 0 Å². The number of nitrogens with zero attached hydrogens (tertiary/aromatic N) is 1. The highest BCUT2D eigenvalue weighted by atomic mass is 32.2. The summed E-state index contributed by atoms with van der Waals surface area (Å²) >= 11 is 3.74. The van der Waals surface area contributed by atoms with Crippen LogP contribution in [0.3, 0.4) is 0 Å². The first-order valence-electron chi connectivity index (χ1n) is 6.70. The summed E-state index contributed by atoms with van der Waals surface area (Å²) in [5.41, 5.74) is 0. The smallest absolute Gasteiger partial charge is 0.157 e. The van der Waals surface area contributed by atoms with Crippen molar-refractivity contribution in [1.29, 1.82) is 0 Å². The van der Waals surface area contributed by atoms with Gasteiger partial charge in [0.15, 0.2) is 5.17 Å². The van der Waals surface area contributed by atoms with Crippen molar-refractivity contribution >= 4 is 28.3 Å². The molecule has 1 aliphatic rings. The van der Waals surface area contributed by atoms with Crippen LogP contribution in [-0.2, 0) is 13.0 Å². The third kappa shape index (κ3) is 3.75. The van der Waals surface area contributed by atoms with Crippen LogP contribution in [0.2, 0.25) is 0 Å². The molecule has 0 aliphatic carbocycles. The van der Waals surface area contributed by atoms with Gasteiger partial charge < -0.3 is 5.32 Å². The van der Waals surface area contributed by atoms with Crippen LogP contribution in [0.15, 0.2) is 17.1 Å². The van der Waals surface area contributed by atoms with Gasteiger partial charge in [-0.3, -0.25) is 4.99 Å². The number of amidine groups is 1. The molecule has 100 valence electrons. The maximum Gasteiger partial charge on any atom is 0.157 e. The quantitative estimate of drug-likeness (QED) is 0.905. The fraction of sp³-hybridized carbons (Fsp3) is 0.643. The summed E-state index contributed by atoms with van der Waals surface area (Å²) in [6, 6.07) is 5.03. The zero-order chi connectivity index (χ0) is 13.0. The molecule has 0 spiro atoms. The predicted octanol–water partition coefficient (Wildman–Crippen LogP) is 3.92. The van der Waals surface area contributed by atoms with Crippen LogP contribution in [0, 0.1) is 5.92 Å². The average Bonchev–Trinajstić information content (AvgIpc) is 2.84. The van der Waals surface area contributed by atoms with Gasteiger partial charge in [0.1, 0.15) is 0 Å². The normalized spacial score (nSPS) is 22.4. The van der Waals surface area contributed by atoms with Crippen molar-refractivity contribution in [1.82, 2.24) is 5.32 Å². The predicted molar refractivity (Wildman–Crippen MR) is 83.7 cm³/mol. The molecule has 2 nitrogen and oxygen atoms in total. The maximum atomic E-state index is 4.71. The lowest BCUT2D eigenvalue weighted by Crippen LogP contribution is -2.41. The molecular weight excluding hydrogens is 260 g/mol. The molecule has 0 saturated carbocycles. The highest BCUT2D eigenvalue weighted by Crippen LogP contribution is 2.21. The Labute approximate surface area is 118 Å². The summed E-state index contributed by atoms with van der Waals surface area (Å²) in [5.74, 6) is 1.88. The van der Waals surface area contributed by atoms with Crippen molar-refractivity contribution in [2.75, 3.05) is 5.75 Å². The molecule has 1 aromatic heterocycles. The highest BCUT2D eigenvalue weighted by Gasteiger charge is 2.19. The van der Waals surface area contributed by atoms with Crippen molar-refractivity contribution in [2.45, 2.75) is 46.2 Å². The first-order valence-corrected chi connectivity index (χ1v) is 8.50. The Bertz CT molecular complexity index is 410. The van der Waals surface area contributed by atoms with Crippen LogP contribution in [0.1, 0.15) is 36.9 Å². The Morgan fingerprint density at radius 3 is 2.83 bits per heavy atom. The molecule has 0 aromatic carbocycles. The number of rotatable bonds is 4. The number of nitrogens with one attached hydrogen (secondary N) is 1. The van der Waals surface area contributed by atoms with Gasteiger partial charge in [-0.1, -0.05) is 32.5 Å². The molecular formula is C14H22N2S2. The Morgan fingerprint density at radius 2 is 2.17 bits per heavy atom. The van der Waals surface area contributed by atoms with Gasteiger partial charge in [0.05, 0.1) is 6.54 Å². The molecule has 1 N–H and O–H groups in total. The maximum absolute atomic E-state index is 4.71. The molecule has 1 aliphatic heterocycles. The molecule has 2 heterocycles. The number of aliphatic imine (C=N–C) groups is 1. The van der Waals surface area contributed by atoms with E-state index in [1.807, 2.05) is 23.1 Å². The van der Waals surface area contributed by atoms with Gasteiger partial charge in [-0.05, 0) is 30.9 Å². The Hall–Kier alpha value is -0.480. The largest absolute Gasteiger partial charge is 0.362 e. The number of hydrogen-bond donors (Lipinski definition) is 1. The van der Waals surface area contributed by atoms with Gasteiger partial charge in [0.2, 0.25) is 0 Å². The van der Waals surface area contributed by atoms with E-state index in [9.17, 15) is 0 Å². The van der Waals surface area contributed by atoms with E-state index in [0.717, 1.165) is 18.1 Å². The van der Waals surface area contributed by atoms with Gasteiger partial charge in [-0.2, -0.15) is 0 Å². The van der Waals surface area contributed by atoms with E-state index in [-0.39, 0.29) is 0 Å². The standard InChI is InChI=1S/C14H22N2S2/c1-4-11-5-6-12(18-11)9-15-14-16-13(10(2)3)7-8-17-14/h5-6,10,13H,4,7-9H2,1-3H3,(H,15,16). The highest BCUT2D eigenvalue weighted by molar-refractivity contribution is 8.13. The fourth-order valence-corrected chi connectivity index (χ4v) is 3.83. The van der Waals surface area contributed by atoms with Crippen LogP contribution in [0.5, 0.6) is 0 Å². The first-order chi connectivity index (χ1) is 8.69. The SMILES string of the molecule is CCc1ccc(CN=C2NC(C(C)C)CCS2)s1. The summed E-state index contributed by atoms with van der Waals surface area (Å²) in [7, 11) is 0. The molecule has 0 radical (unpaired) electrons. The van der Waals surface area contributed by atoms with Crippen molar-refractivity contribution in [3.05, 3.63) is 21.9 Å². The second-order valence-corrected chi connectivity index (χ2v) is 7.31. The van der Waals surface area contributed by atoms with Gasteiger partial charge in [0.25, 0.3) is 0 Å². The Kier molecular flexibility index (Phi) is 5.13. The lowest BCUT2D eigenvalue weighted by Gasteiger charge is -2.28. The second-order valence-electron chi connectivity index (χ2n) is 4.97. The van der Waals surface area contributed by atoms with Gasteiger partial charge in [-0.15, -0.1) is 11.3 Å². The van der Waals surface area contributed by atoms with Crippen molar-refractivity contribution < 1.29 is 0 Å². The molecule has 1 saturated heterocycles. The van der Waals surface area contributed by atoms with Crippen LogP contribution in [0.25, 0.3) is 0 Å². The van der Waals surface area contributed by atoms with E-state index in [0.29, 0.717) is 12.0 Å². The Morgan fingerprint density at radius 1 is 1.39 bits per heavy atom. The summed E-state index contributed by atoms with van der Waals surface area (Å²) in [6.07, 6.45) is 2.38. The van der Waals surface area contributed by atoms with Gasteiger partial charge in [-0.25, -0.2) is 0 Å². The molecule has 0 bridgehead atoms. The first kappa shape index (κ1) is 13.9. The summed E-state index contributed by atoms with van der Waals surface area (Å²) in [5, 5.41) is 4.69. The van der Waals surface area contributed by atoms with E-state index in [4.69, 9.17) is 4.99 Å². The lowest BCUT2D eigenvalue weighted by atomic mass is 10.0. The number of thiophene rings is 1. The van der Waals surface area contributed by atoms with E-state index >= 15 is 0 Å². The molecule has 1 unspecified atom stereocenters. The fourth-order valence-electron chi connectivity index (χ4n) is 1.99. The third-order valence-electron chi connectivity index (χ3n) is 3.23. The zero-order valence-electron chi connectivity index (χ0n) is 11.4. The minimum atomic E-state index is 0.597. The van der Waals surface area contributed by atoms with Crippen LogP contribution < -0.4 is 5.32 Å². The van der Waals surface area contributed by atoms with Gasteiger partial charge in [0, 0.05) is 21.5 Å². The molecule has 1 fully saturated rings. The van der Waals surface area contributed by atoms with Crippen LogP contribution >= 0.6 is 23.1 Å². The molecule has 2 rings (SSSR count). The Balaban J connectivity index is 1.92. The van der Waals surface area contributed by atoms with Crippen LogP contribution in [-0.4, -0.2) is 17.0 Å². The van der Waals surface area contributed by atoms with Crippen molar-refractivity contribution in [3.8, 4) is 0 Å². The monoisotopic (exact) mass is 282 g/mol. The minimum absolute atomic E-state index is 0.597. The minimum Gasteiger partial charge on any atom is -0.362 e. The summed E-state index contributed by atoms with van der Waals surface area (Å²) in [6.45, 7) is 7.58. The topological polar surface area (TPSA) is 24.4 Å². The second kappa shape index (κ2) is 6.62. The molecule has 18 heavy (non-hydrogen) atoms. The number of thioether (sulfide) groups is 1. The average molecular weight is 282 g/mol.